The van der Waals surface area contributed by atoms with Crippen molar-refractivity contribution in [3.8, 4) is 0 Å². The number of carbonyl (C=O) groups is 1. The maximum absolute atomic E-state index is 11.6. The van der Waals surface area contributed by atoms with Crippen molar-refractivity contribution in [1.29, 1.82) is 0 Å². The number of aliphatic imine (C=N–C) groups is 1. The monoisotopic (exact) mass is 528 g/mol. The predicted molar refractivity (Wildman–Crippen MR) is 133 cm³/mol. The highest BCUT2D eigenvalue weighted by Gasteiger charge is 2.35. The van der Waals surface area contributed by atoms with Crippen molar-refractivity contribution in [1.82, 2.24) is 15.6 Å². The molecule has 7 nitrogen and oxygen atoms in total. The van der Waals surface area contributed by atoms with E-state index in [2.05, 4.69) is 40.4 Å². The summed E-state index contributed by atoms with van der Waals surface area (Å²) in [5.74, 6) is 1.45. The maximum Gasteiger partial charge on any atom is 0.222 e. The van der Waals surface area contributed by atoms with Crippen molar-refractivity contribution < 1.29 is 4.79 Å². The van der Waals surface area contributed by atoms with Gasteiger partial charge < -0.3 is 21.3 Å². The van der Waals surface area contributed by atoms with Crippen LogP contribution in [0.2, 0.25) is 0 Å². The Morgan fingerprint density at radius 3 is 2.77 bits per heavy atom. The summed E-state index contributed by atoms with van der Waals surface area (Å²) >= 11 is 0. The van der Waals surface area contributed by atoms with E-state index in [9.17, 15) is 4.79 Å². The Bertz CT molecular complexity index is 716. The van der Waals surface area contributed by atoms with Gasteiger partial charge in [-0.15, -0.1) is 24.0 Å². The first-order valence-corrected chi connectivity index (χ1v) is 11.1. The van der Waals surface area contributed by atoms with Crippen LogP contribution in [0.5, 0.6) is 0 Å². The summed E-state index contributed by atoms with van der Waals surface area (Å²) in [6.45, 7) is 8.26. The summed E-state index contributed by atoms with van der Waals surface area (Å²) < 4.78 is 0. The van der Waals surface area contributed by atoms with Crippen molar-refractivity contribution in [3.63, 3.8) is 0 Å². The molecule has 1 unspecified atom stereocenters. The molecule has 1 aromatic heterocycles. The topological polar surface area (TPSA) is 95.6 Å². The normalized spacial score (nSPS) is 20.7. The molecule has 1 saturated carbocycles. The Kier molecular flexibility index (Phi) is 9.64. The molecule has 0 spiro atoms. The summed E-state index contributed by atoms with van der Waals surface area (Å²) in [6.07, 6.45) is 8.78. The van der Waals surface area contributed by atoms with E-state index in [-0.39, 0.29) is 35.8 Å². The van der Waals surface area contributed by atoms with Gasteiger partial charge in [0.1, 0.15) is 5.82 Å². The van der Waals surface area contributed by atoms with Gasteiger partial charge in [-0.05, 0) is 50.5 Å². The van der Waals surface area contributed by atoms with Crippen LogP contribution in [0.4, 0.5) is 5.82 Å². The van der Waals surface area contributed by atoms with E-state index < -0.39 is 0 Å². The highest BCUT2D eigenvalue weighted by Crippen LogP contribution is 2.43. The van der Waals surface area contributed by atoms with Crippen molar-refractivity contribution in [2.45, 2.75) is 58.9 Å². The second-order valence-electron chi connectivity index (χ2n) is 8.43. The lowest BCUT2D eigenvalue weighted by molar-refractivity contribution is -0.122. The fourth-order valence-corrected chi connectivity index (χ4v) is 4.35. The minimum Gasteiger partial charge on any atom is -0.369 e. The molecule has 1 atom stereocenters. The molecule has 2 heterocycles. The maximum atomic E-state index is 11.6. The van der Waals surface area contributed by atoms with Gasteiger partial charge in [0.2, 0.25) is 5.91 Å². The van der Waals surface area contributed by atoms with Crippen LogP contribution in [0.1, 0.15) is 57.9 Å². The van der Waals surface area contributed by atoms with Crippen LogP contribution < -0.4 is 21.3 Å². The van der Waals surface area contributed by atoms with Gasteiger partial charge in [0, 0.05) is 37.9 Å². The zero-order valence-corrected chi connectivity index (χ0v) is 20.7. The van der Waals surface area contributed by atoms with Gasteiger partial charge in [0.15, 0.2) is 5.96 Å². The van der Waals surface area contributed by atoms with Crippen LogP contribution in [-0.4, -0.2) is 43.0 Å². The van der Waals surface area contributed by atoms with E-state index in [0.717, 1.165) is 49.8 Å². The summed E-state index contributed by atoms with van der Waals surface area (Å²) in [4.78, 5) is 23.3. The number of nitrogens with one attached hydrogen (secondary N) is 2. The molecule has 1 aliphatic heterocycles. The van der Waals surface area contributed by atoms with E-state index in [1.807, 2.05) is 12.3 Å². The van der Waals surface area contributed by atoms with Crippen LogP contribution in [-0.2, 0) is 11.3 Å². The number of nitrogens with zero attached hydrogens (tertiary/aromatic N) is 3. The van der Waals surface area contributed by atoms with Crippen molar-refractivity contribution in [2.24, 2.45) is 22.1 Å². The average Bonchev–Trinajstić information content (AvgIpc) is 2.71. The average molecular weight is 528 g/mol. The van der Waals surface area contributed by atoms with Crippen LogP contribution in [0.15, 0.2) is 23.3 Å². The fraction of sp³-hybridized carbons (Fsp3) is 0.682. The molecule has 2 aliphatic rings. The quantitative estimate of drug-likeness (QED) is 0.274. The van der Waals surface area contributed by atoms with E-state index in [4.69, 9.17) is 10.7 Å². The molecule has 4 N–H and O–H groups in total. The van der Waals surface area contributed by atoms with Crippen molar-refractivity contribution in [2.75, 3.05) is 31.1 Å². The number of pyridine rings is 1. The Morgan fingerprint density at radius 1 is 1.33 bits per heavy atom. The van der Waals surface area contributed by atoms with E-state index in [0.29, 0.717) is 18.5 Å². The molecular weight excluding hydrogens is 491 g/mol. The molecule has 1 aromatic rings. The van der Waals surface area contributed by atoms with Gasteiger partial charge in [0.25, 0.3) is 0 Å². The first kappa shape index (κ1) is 24.7. The Balaban J connectivity index is 0.00000320. The first-order chi connectivity index (χ1) is 14.1. The molecule has 0 aromatic carbocycles. The lowest BCUT2D eigenvalue weighted by Gasteiger charge is -2.41. The van der Waals surface area contributed by atoms with Crippen LogP contribution in [0.3, 0.4) is 0 Å². The standard InChI is InChI=1S/C22H36N6O.HI/c1-3-22(10-7-11-22)16-27-21(24-4-2)26-14-17-8-5-12-25-20(17)28-13-6-9-18(15-28)19(23)29;/h5,8,12,18H,3-4,6-7,9-11,13-16H2,1-2H3,(H2,23,29)(H2,24,26,27);1H. The van der Waals surface area contributed by atoms with Gasteiger partial charge in [-0.25, -0.2) is 9.98 Å². The number of piperidine rings is 1. The number of amides is 1. The Hall–Kier alpha value is -1.58. The number of hydrogen-bond acceptors (Lipinski definition) is 4. The molecule has 2 fully saturated rings. The van der Waals surface area contributed by atoms with Gasteiger partial charge in [-0.2, -0.15) is 0 Å². The molecule has 0 radical (unpaired) electrons. The molecule has 1 saturated heterocycles. The van der Waals surface area contributed by atoms with Gasteiger partial charge in [-0.1, -0.05) is 19.4 Å². The molecule has 30 heavy (non-hydrogen) atoms. The highest BCUT2D eigenvalue weighted by atomic mass is 127. The SMILES string of the molecule is CCNC(=NCc1cccnc1N1CCCC(C(N)=O)C1)NCC1(CC)CCC1.I. The molecule has 168 valence electrons. The molecule has 1 aliphatic carbocycles. The predicted octanol–water partition coefficient (Wildman–Crippen LogP) is 3.04. The van der Waals surface area contributed by atoms with E-state index >= 15 is 0 Å². The smallest absolute Gasteiger partial charge is 0.222 e. The van der Waals surface area contributed by atoms with E-state index in [1.54, 1.807) is 0 Å². The van der Waals surface area contributed by atoms with Crippen LogP contribution in [0.25, 0.3) is 0 Å². The second-order valence-corrected chi connectivity index (χ2v) is 8.43. The first-order valence-electron chi connectivity index (χ1n) is 11.1. The zero-order chi connectivity index (χ0) is 20.7. The zero-order valence-electron chi connectivity index (χ0n) is 18.3. The number of aromatic nitrogens is 1. The third kappa shape index (κ3) is 6.21. The number of carbonyl (C=O) groups excluding carboxylic acids is 1. The lowest BCUT2D eigenvalue weighted by atomic mass is 9.67. The molecule has 0 bridgehead atoms. The van der Waals surface area contributed by atoms with Crippen LogP contribution >= 0.6 is 24.0 Å². The number of nitrogens with two attached hydrogens (primary N) is 1. The van der Waals surface area contributed by atoms with Gasteiger partial charge >= 0.3 is 0 Å². The number of guanidine groups is 1. The largest absolute Gasteiger partial charge is 0.369 e. The lowest BCUT2D eigenvalue weighted by Crippen LogP contribution is -2.46. The Morgan fingerprint density at radius 2 is 2.13 bits per heavy atom. The minimum absolute atomic E-state index is 0. The van der Waals surface area contributed by atoms with E-state index in [1.165, 1.54) is 25.7 Å². The molecule has 8 heteroatoms. The summed E-state index contributed by atoms with van der Waals surface area (Å²) in [5, 5.41) is 6.91. The Labute approximate surface area is 197 Å². The fourth-order valence-electron chi connectivity index (χ4n) is 4.35. The van der Waals surface area contributed by atoms with Crippen molar-refractivity contribution >= 4 is 41.7 Å². The second kappa shape index (κ2) is 11.7. The minimum atomic E-state index is -0.218. The number of primary amides is 1. The number of anilines is 1. The van der Waals surface area contributed by atoms with Crippen LogP contribution in [0, 0.1) is 11.3 Å². The third-order valence-corrected chi connectivity index (χ3v) is 6.54. The number of hydrogen-bond donors (Lipinski definition) is 3. The van der Waals surface area contributed by atoms with Gasteiger partial charge in [-0.3, -0.25) is 4.79 Å². The van der Waals surface area contributed by atoms with Crippen molar-refractivity contribution in [3.05, 3.63) is 23.9 Å². The highest BCUT2D eigenvalue weighted by molar-refractivity contribution is 14.0. The molecular formula is C22H37IN6O. The third-order valence-electron chi connectivity index (χ3n) is 6.54. The summed E-state index contributed by atoms with van der Waals surface area (Å²) in [6, 6.07) is 4.02. The number of halogens is 1. The van der Waals surface area contributed by atoms with Gasteiger partial charge in [0.05, 0.1) is 12.5 Å². The summed E-state index contributed by atoms with van der Waals surface area (Å²) in [7, 11) is 0. The molecule has 3 rings (SSSR count). The summed E-state index contributed by atoms with van der Waals surface area (Å²) in [5.41, 5.74) is 7.06. The molecule has 1 amide bonds. The number of rotatable bonds is 8.